The number of halogens is 3. The van der Waals surface area contributed by atoms with Crippen molar-refractivity contribution in [3.8, 4) is 0 Å². The summed E-state index contributed by atoms with van der Waals surface area (Å²) in [7, 11) is -2.70. The molecule has 2 atom stereocenters. The van der Waals surface area contributed by atoms with Gasteiger partial charge in [-0.2, -0.15) is 4.39 Å². The van der Waals surface area contributed by atoms with E-state index in [1.165, 1.54) is 19.1 Å². The van der Waals surface area contributed by atoms with Crippen molar-refractivity contribution in [2.75, 3.05) is 49.5 Å². The van der Waals surface area contributed by atoms with Crippen LogP contribution in [0.1, 0.15) is 25.3 Å². The lowest BCUT2D eigenvalue weighted by Crippen LogP contribution is -2.46. The quantitative estimate of drug-likeness (QED) is 0.562. The third kappa shape index (κ3) is 5.00. The van der Waals surface area contributed by atoms with Gasteiger partial charge in [0, 0.05) is 33.3 Å². The van der Waals surface area contributed by atoms with Gasteiger partial charge in [-0.05, 0) is 56.0 Å². The molecule has 2 fully saturated rings. The zero-order valence-electron chi connectivity index (χ0n) is 19.4. The SMILES string of the molecule is CO[C@@]1(CN2CC[C@@H](C)C2)CCN(c2cc(C)c(S(=O)(=O)Nc3cccc(F)n3)c(F)c2Cl)C1. The van der Waals surface area contributed by atoms with E-state index in [9.17, 15) is 12.8 Å². The zero-order valence-corrected chi connectivity index (χ0v) is 21.0. The Morgan fingerprint density at radius 2 is 2.09 bits per heavy atom. The lowest BCUT2D eigenvalue weighted by atomic mass is 10.0. The molecule has 1 aromatic carbocycles. The highest BCUT2D eigenvalue weighted by molar-refractivity contribution is 7.92. The molecule has 1 aromatic heterocycles. The van der Waals surface area contributed by atoms with Crippen molar-refractivity contribution in [2.24, 2.45) is 5.92 Å². The van der Waals surface area contributed by atoms with Gasteiger partial charge in [-0.1, -0.05) is 24.6 Å². The number of hydrogen-bond acceptors (Lipinski definition) is 6. The molecule has 0 unspecified atom stereocenters. The second-order valence-electron chi connectivity index (χ2n) is 9.31. The van der Waals surface area contributed by atoms with Gasteiger partial charge in [0.05, 0.1) is 11.3 Å². The average molecular weight is 515 g/mol. The predicted octanol–water partition coefficient (Wildman–Crippen LogP) is 4.06. The Bertz CT molecular complexity index is 1180. The van der Waals surface area contributed by atoms with E-state index >= 15 is 4.39 Å². The lowest BCUT2D eigenvalue weighted by molar-refractivity contribution is -0.0156. The number of hydrogen-bond donors (Lipinski definition) is 1. The number of nitrogens with one attached hydrogen (secondary N) is 1. The molecule has 0 spiro atoms. The summed E-state index contributed by atoms with van der Waals surface area (Å²) in [6.07, 6.45) is 1.91. The van der Waals surface area contributed by atoms with Crippen molar-refractivity contribution in [3.63, 3.8) is 0 Å². The number of aryl methyl sites for hydroxylation is 1. The average Bonchev–Trinajstić information content (AvgIpc) is 3.37. The maximum absolute atomic E-state index is 15.4. The zero-order chi connectivity index (χ0) is 24.7. The summed E-state index contributed by atoms with van der Waals surface area (Å²) >= 11 is 6.37. The van der Waals surface area contributed by atoms with E-state index in [0.717, 1.165) is 38.5 Å². The minimum absolute atomic E-state index is 0.184. The normalized spacial score (nSPS) is 23.6. The van der Waals surface area contributed by atoms with Crippen molar-refractivity contribution >= 4 is 33.1 Å². The van der Waals surface area contributed by atoms with Gasteiger partial charge in [0.15, 0.2) is 5.82 Å². The second-order valence-corrected chi connectivity index (χ2v) is 11.3. The molecule has 2 aliphatic rings. The molecule has 34 heavy (non-hydrogen) atoms. The van der Waals surface area contributed by atoms with Crippen LogP contribution in [-0.2, 0) is 14.8 Å². The van der Waals surface area contributed by atoms with Gasteiger partial charge in [0.25, 0.3) is 10.0 Å². The molecule has 186 valence electrons. The highest BCUT2D eigenvalue weighted by Crippen LogP contribution is 2.39. The van der Waals surface area contributed by atoms with Crippen molar-refractivity contribution in [2.45, 2.75) is 37.2 Å². The maximum atomic E-state index is 15.4. The first-order chi connectivity index (χ1) is 16.0. The second kappa shape index (κ2) is 9.56. The largest absolute Gasteiger partial charge is 0.375 e. The Labute approximate surface area is 204 Å². The summed E-state index contributed by atoms with van der Waals surface area (Å²) in [5.41, 5.74) is 0.199. The third-order valence-electron chi connectivity index (χ3n) is 6.66. The molecule has 2 aliphatic heterocycles. The standard InChI is InChI=1S/C23H29ClF2N4O3S/c1-15-7-9-29(12-15)13-23(33-3)8-10-30(14-23)17-11-16(2)22(21(26)20(17)24)34(31,32)28-19-6-4-5-18(25)27-19/h4-6,11,15H,7-10,12-14H2,1-3H3,(H,27,28)/t15-,23-/m1/s1. The fourth-order valence-electron chi connectivity index (χ4n) is 4.92. The molecule has 1 N–H and O–H groups in total. The number of anilines is 2. The molecule has 2 aromatic rings. The van der Waals surface area contributed by atoms with Crippen LogP contribution >= 0.6 is 11.6 Å². The van der Waals surface area contributed by atoms with Crippen LogP contribution < -0.4 is 9.62 Å². The molecule has 0 amide bonds. The van der Waals surface area contributed by atoms with Crippen molar-refractivity contribution in [1.82, 2.24) is 9.88 Å². The first-order valence-electron chi connectivity index (χ1n) is 11.2. The van der Waals surface area contributed by atoms with Gasteiger partial charge in [0.2, 0.25) is 5.95 Å². The van der Waals surface area contributed by atoms with Gasteiger partial charge in [-0.3, -0.25) is 4.72 Å². The van der Waals surface area contributed by atoms with E-state index in [0.29, 0.717) is 24.7 Å². The summed E-state index contributed by atoms with van der Waals surface area (Å²) < 4.78 is 62.6. The molecule has 0 aliphatic carbocycles. The molecule has 0 saturated carbocycles. The highest BCUT2D eigenvalue weighted by atomic mass is 35.5. The highest BCUT2D eigenvalue weighted by Gasteiger charge is 2.42. The van der Waals surface area contributed by atoms with Crippen LogP contribution in [0, 0.1) is 24.6 Å². The first kappa shape index (κ1) is 25.1. The number of ether oxygens (including phenoxy) is 1. The van der Waals surface area contributed by atoms with Gasteiger partial charge < -0.3 is 14.5 Å². The van der Waals surface area contributed by atoms with E-state index in [2.05, 4.69) is 21.5 Å². The number of rotatable bonds is 7. The summed E-state index contributed by atoms with van der Waals surface area (Å²) in [5.74, 6) is -1.50. The van der Waals surface area contributed by atoms with E-state index in [4.69, 9.17) is 16.3 Å². The number of benzene rings is 1. The minimum atomic E-state index is -4.39. The lowest BCUT2D eigenvalue weighted by Gasteiger charge is -2.33. The van der Waals surface area contributed by atoms with E-state index < -0.39 is 32.3 Å². The van der Waals surface area contributed by atoms with Crippen LogP contribution in [0.25, 0.3) is 0 Å². The topological polar surface area (TPSA) is 74.8 Å². The van der Waals surface area contributed by atoms with Gasteiger partial charge in [-0.25, -0.2) is 17.8 Å². The number of likely N-dealkylation sites (tertiary alicyclic amines) is 1. The van der Waals surface area contributed by atoms with Gasteiger partial charge in [-0.15, -0.1) is 0 Å². The van der Waals surface area contributed by atoms with Crippen LogP contribution in [0.4, 0.5) is 20.3 Å². The Morgan fingerprint density at radius 3 is 2.74 bits per heavy atom. The number of aromatic nitrogens is 1. The van der Waals surface area contributed by atoms with E-state index in [1.54, 1.807) is 13.2 Å². The van der Waals surface area contributed by atoms with Crippen molar-refractivity contribution < 1.29 is 21.9 Å². The first-order valence-corrected chi connectivity index (χ1v) is 13.1. The summed E-state index contributed by atoms with van der Waals surface area (Å²) in [4.78, 5) is 7.23. The summed E-state index contributed by atoms with van der Waals surface area (Å²) in [6.45, 7) is 7.69. The Hall–Kier alpha value is -2.01. The Kier molecular flexibility index (Phi) is 7.06. The molecule has 2 saturated heterocycles. The molecule has 11 heteroatoms. The smallest absolute Gasteiger partial charge is 0.266 e. The molecular formula is C23H29ClF2N4O3S. The molecule has 4 rings (SSSR count). The van der Waals surface area contributed by atoms with Crippen LogP contribution in [0.2, 0.25) is 5.02 Å². The molecular weight excluding hydrogens is 486 g/mol. The number of pyridine rings is 1. The van der Waals surface area contributed by atoms with E-state index in [1.807, 2.05) is 4.90 Å². The van der Waals surface area contributed by atoms with Crippen molar-refractivity contribution in [1.29, 1.82) is 0 Å². The van der Waals surface area contributed by atoms with Crippen molar-refractivity contribution in [3.05, 3.63) is 46.6 Å². The van der Waals surface area contributed by atoms with Gasteiger partial charge in [0.1, 0.15) is 15.7 Å². The molecule has 0 bridgehead atoms. The Balaban J connectivity index is 1.59. The van der Waals surface area contributed by atoms with Crippen LogP contribution in [0.3, 0.4) is 0 Å². The van der Waals surface area contributed by atoms with Crippen LogP contribution in [0.5, 0.6) is 0 Å². The van der Waals surface area contributed by atoms with E-state index in [-0.39, 0.29) is 16.4 Å². The number of sulfonamides is 1. The third-order valence-corrected chi connectivity index (χ3v) is 8.54. The van der Waals surface area contributed by atoms with Crippen LogP contribution in [-0.4, -0.2) is 63.7 Å². The van der Waals surface area contributed by atoms with Crippen LogP contribution in [0.15, 0.2) is 29.2 Å². The summed E-state index contributed by atoms with van der Waals surface area (Å²) in [5, 5.41) is -0.278. The number of nitrogens with zero attached hydrogens (tertiary/aromatic N) is 3. The fraction of sp³-hybridized carbons (Fsp3) is 0.522. The minimum Gasteiger partial charge on any atom is -0.375 e. The monoisotopic (exact) mass is 514 g/mol. The Morgan fingerprint density at radius 1 is 1.32 bits per heavy atom. The molecule has 0 radical (unpaired) electrons. The predicted molar refractivity (Wildman–Crippen MR) is 128 cm³/mol. The number of methoxy groups -OCH3 is 1. The molecule has 3 heterocycles. The molecule has 7 nitrogen and oxygen atoms in total. The fourth-order valence-corrected chi connectivity index (χ4v) is 6.56. The van der Waals surface area contributed by atoms with Gasteiger partial charge >= 0.3 is 0 Å². The summed E-state index contributed by atoms with van der Waals surface area (Å²) in [6, 6.07) is 5.23. The maximum Gasteiger partial charge on any atom is 0.266 e.